The number of ether oxygens (including phenoxy) is 1. The third-order valence-corrected chi connectivity index (χ3v) is 3.04. The number of hydrogen-bond acceptors (Lipinski definition) is 6. The molecule has 0 saturated carbocycles. The van der Waals surface area contributed by atoms with Crippen LogP contribution in [0.5, 0.6) is 0 Å². The van der Waals surface area contributed by atoms with Gasteiger partial charge in [0.15, 0.2) is 0 Å². The first kappa shape index (κ1) is 33.5. The normalized spacial score (nSPS) is 9.67. The molecule has 0 aromatic heterocycles. The van der Waals surface area contributed by atoms with Crippen LogP contribution in [0, 0.1) is 5.92 Å². The zero-order valence-corrected chi connectivity index (χ0v) is 19.6. The smallest absolute Gasteiger partial charge is 0.545 e. The molecule has 1 unspecified atom stereocenters. The number of rotatable bonds is 9. The molecular weight excluding hydrogens is 376 g/mol. The summed E-state index contributed by atoms with van der Waals surface area (Å²) in [5, 5.41) is 19.0. The molecule has 0 aliphatic rings. The largest absolute Gasteiger partial charge is 2.00 e. The molecule has 0 rings (SSSR count). The van der Waals surface area contributed by atoms with Crippen molar-refractivity contribution >= 4 is 55.6 Å². The van der Waals surface area contributed by atoms with Gasteiger partial charge in [0.25, 0.3) is 0 Å². The Kier molecular flexibility index (Phi) is 26.3. The topological polar surface area (TPSA) is 107 Å². The standard InChI is InChI=1S/C12H22O2.2C4H6O2.Ca/c1-5-7-8-11(6-2)9-14-12(13)10(3)4;2*1-3(2)4(5)6;/h11H,3,5-9H2,1-2,4H3;2*1H2,2H3,(H,5,6);/q;;;+2/p-2. The minimum atomic E-state index is -1.19. The third kappa shape index (κ3) is 27.2. The van der Waals surface area contributed by atoms with Crippen LogP contribution in [0.3, 0.4) is 0 Å². The zero-order valence-electron chi connectivity index (χ0n) is 17.4. The van der Waals surface area contributed by atoms with Crippen molar-refractivity contribution in [2.24, 2.45) is 5.92 Å². The number of carbonyl (C=O) groups is 3. The monoisotopic (exact) mass is 408 g/mol. The average Bonchev–Trinajstić information content (AvgIpc) is 2.55. The van der Waals surface area contributed by atoms with Crippen LogP contribution >= 0.6 is 0 Å². The Hall–Kier alpha value is -1.11. The van der Waals surface area contributed by atoms with Crippen LogP contribution in [0.4, 0.5) is 0 Å². The van der Waals surface area contributed by atoms with Crippen LogP contribution in [0.1, 0.15) is 60.3 Å². The number of hydrogen-bond donors (Lipinski definition) is 0. The summed E-state index contributed by atoms with van der Waals surface area (Å²) in [6.45, 7) is 19.0. The van der Waals surface area contributed by atoms with Gasteiger partial charge in [0.2, 0.25) is 0 Å². The van der Waals surface area contributed by atoms with E-state index in [2.05, 4.69) is 33.6 Å². The molecule has 0 heterocycles. The van der Waals surface area contributed by atoms with E-state index in [0.717, 1.165) is 12.8 Å². The molecule has 0 N–H and O–H groups in total. The van der Waals surface area contributed by atoms with E-state index in [-0.39, 0.29) is 54.9 Å². The van der Waals surface area contributed by atoms with Gasteiger partial charge < -0.3 is 24.5 Å². The van der Waals surface area contributed by atoms with E-state index in [9.17, 15) is 24.6 Å². The van der Waals surface area contributed by atoms with Gasteiger partial charge in [0.1, 0.15) is 0 Å². The Morgan fingerprint density at radius 2 is 1.26 bits per heavy atom. The molecule has 0 spiro atoms. The van der Waals surface area contributed by atoms with Crippen molar-refractivity contribution in [3.8, 4) is 0 Å². The molecule has 1 atom stereocenters. The second-order valence-electron chi connectivity index (χ2n) is 5.93. The fourth-order valence-corrected chi connectivity index (χ4v) is 1.21. The van der Waals surface area contributed by atoms with Crippen molar-refractivity contribution in [1.82, 2.24) is 0 Å². The number of unbranched alkanes of at least 4 members (excludes halogenated alkanes) is 1. The van der Waals surface area contributed by atoms with Gasteiger partial charge in [0.05, 0.1) is 18.5 Å². The molecule has 27 heavy (non-hydrogen) atoms. The Labute approximate surface area is 193 Å². The van der Waals surface area contributed by atoms with Gasteiger partial charge >= 0.3 is 43.7 Å². The van der Waals surface area contributed by atoms with Gasteiger partial charge in [-0.15, -0.1) is 0 Å². The van der Waals surface area contributed by atoms with Crippen molar-refractivity contribution < 1.29 is 29.3 Å². The van der Waals surface area contributed by atoms with Crippen molar-refractivity contribution in [3.63, 3.8) is 0 Å². The summed E-state index contributed by atoms with van der Waals surface area (Å²) < 4.78 is 5.12. The van der Waals surface area contributed by atoms with E-state index in [1.165, 1.54) is 26.7 Å². The van der Waals surface area contributed by atoms with E-state index >= 15 is 0 Å². The maximum absolute atomic E-state index is 11.1. The molecule has 0 saturated heterocycles. The number of carboxylic acid groups (broad SMARTS) is 2. The predicted octanol–water partition coefficient (Wildman–Crippen LogP) is 1.57. The summed E-state index contributed by atoms with van der Waals surface area (Å²) >= 11 is 0. The van der Waals surface area contributed by atoms with Crippen LogP contribution in [0.2, 0.25) is 0 Å². The minimum Gasteiger partial charge on any atom is -0.545 e. The number of carboxylic acids is 2. The number of esters is 1. The van der Waals surface area contributed by atoms with Crippen LogP contribution < -0.4 is 10.2 Å². The van der Waals surface area contributed by atoms with Crippen molar-refractivity contribution in [2.45, 2.75) is 60.3 Å². The fraction of sp³-hybridized carbons (Fsp3) is 0.550. The van der Waals surface area contributed by atoms with Gasteiger partial charge in [-0.1, -0.05) is 52.8 Å². The molecule has 0 aliphatic carbocycles. The molecule has 0 radical (unpaired) electrons. The van der Waals surface area contributed by atoms with E-state index in [1.807, 2.05) is 0 Å². The van der Waals surface area contributed by atoms with E-state index in [0.29, 0.717) is 18.1 Å². The van der Waals surface area contributed by atoms with E-state index in [4.69, 9.17) is 4.74 Å². The number of carbonyl (C=O) groups excluding carboxylic acids is 3. The molecule has 7 heteroatoms. The first-order chi connectivity index (χ1) is 11.9. The summed E-state index contributed by atoms with van der Waals surface area (Å²) in [4.78, 5) is 30.1. The maximum atomic E-state index is 11.1. The van der Waals surface area contributed by atoms with Crippen molar-refractivity contribution in [2.75, 3.05) is 6.61 Å². The molecule has 0 aromatic rings. The van der Waals surface area contributed by atoms with Crippen LogP contribution in [-0.4, -0.2) is 62.3 Å². The van der Waals surface area contributed by atoms with Gasteiger partial charge in [-0.2, -0.15) is 0 Å². The molecule has 0 bridgehead atoms. The SMILES string of the molecule is C=C(C)C(=O)OCC(CC)CCCC.C=C(C)C(=O)[O-].C=C(C)C(=O)[O-].[Ca+2]. The van der Waals surface area contributed by atoms with E-state index in [1.54, 1.807) is 6.92 Å². The second-order valence-corrected chi connectivity index (χ2v) is 5.93. The van der Waals surface area contributed by atoms with E-state index < -0.39 is 11.9 Å². The Balaban J connectivity index is -0.000000170. The quantitative estimate of drug-likeness (QED) is 0.326. The Morgan fingerprint density at radius 3 is 1.48 bits per heavy atom. The molecule has 0 aliphatic heterocycles. The van der Waals surface area contributed by atoms with Crippen LogP contribution in [0.15, 0.2) is 36.5 Å². The first-order valence-electron chi connectivity index (χ1n) is 8.46. The third-order valence-electron chi connectivity index (χ3n) is 3.04. The zero-order chi connectivity index (χ0) is 21.3. The first-order valence-corrected chi connectivity index (χ1v) is 8.46. The summed E-state index contributed by atoms with van der Waals surface area (Å²) in [5.74, 6) is -2.12. The van der Waals surface area contributed by atoms with Crippen molar-refractivity contribution in [1.29, 1.82) is 0 Å². The number of aliphatic carboxylic acids is 2. The Bertz CT molecular complexity index is 449. The average molecular weight is 409 g/mol. The predicted molar refractivity (Wildman–Crippen MR) is 104 cm³/mol. The van der Waals surface area contributed by atoms with Gasteiger partial charge in [-0.3, -0.25) is 0 Å². The minimum absolute atomic E-state index is 0. The molecule has 0 fully saturated rings. The molecule has 6 nitrogen and oxygen atoms in total. The van der Waals surface area contributed by atoms with Crippen LogP contribution in [-0.2, 0) is 19.1 Å². The van der Waals surface area contributed by atoms with Gasteiger partial charge in [-0.25, -0.2) is 4.79 Å². The van der Waals surface area contributed by atoms with Crippen LogP contribution in [0.25, 0.3) is 0 Å². The summed E-state index contributed by atoms with van der Waals surface area (Å²) in [7, 11) is 0. The Morgan fingerprint density at radius 1 is 0.889 bits per heavy atom. The molecule has 150 valence electrons. The maximum Gasteiger partial charge on any atom is 2.00 e. The molecule has 0 aromatic carbocycles. The van der Waals surface area contributed by atoms with Gasteiger partial charge in [-0.05, 0) is 44.3 Å². The molecule has 0 amide bonds. The van der Waals surface area contributed by atoms with Crippen molar-refractivity contribution in [3.05, 3.63) is 36.5 Å². The second kappa shape index (κ2) is 21.2. The summed E-state index contributed by atoms with van der Waals surface area (Å²) in [5.41, 5.74) is 0.611. The fourth-order valence-electron chi connectivity index (χ4n) is 1.21. The summed E-state index contributed by atoms with van der Waals surface area (Å²) in [6, 6.07) is 0. The molecular formula is C20H32CaO6. The van der Waals surface area contributed by atoms with Gasteiger partial charge in [0, 0.05) is 5.57 Å². The summed E-state index contributed by atoms with van der Waals surface area (Å²) in [6.07, 6.45) is 4.63.